The number of rotatable bonds is 5. The first-order valence-corrected chi connectivity index (χ1v) is 11.6. The molecule has 1 fully saturated rings. The number of nitrogens with two attached hydrogens (primary N) is 1. The maximum Gasteiger partial charge on any atom is 0.247 e. The van der Waals surface area contributed by atoms with Gasteiger partial charge in [-0.05, 0) is 42.5 Å². The van der Waals surface area contributed by atoms with Gasteiger partial charge in [0.25, 0.3) is 0 Å². The van der Waals surface area contributed by atoms with Crippen molar-refractivity contribution in [3.63, 3.8) is 0 Å². The van der Waals surface area contributed by atoms with Crippen LogP contribution in [-0.2, 0) is 16.6 Å². The van der Waals surface area contributed by atoms with Gasteiger partial charge in [0.15, 0.2) is 5.96 Å². The molecule has 0 aliphatic carbocycles. The van der Waals surface area contributed by atoms with E-state index in [4.69, 9.17) is 5.14 Å². The van der Waals surface area contributed by atoms with Crippen LogP contribution in [0.5, 0.6) is 0 Å². The number of piperidine rings is 1. The number of nitrogens with one attached hydrogen (secondary N) is 2. The van der Waals surface area contributed by atoms with Crippen LogP contribution in [0.15, 0.2) is 38.8 Å². The summed E-state index contributed by atoms with van der Waals surface area (Å²) in [6, 6.07) is 7.93. The minimum Gasteiger partial charge on any atom is -0.363 e. The molecule has 3 heterocycles. The highest BCUT2D eigenvalue weighted by Crippen LogP contribution is 2.25. The molecule has 1 saturated heterocycles. The number of nitrogens with zero attached hydrogens (tertiary/aromatic N) is 2. The predicted molar refractivity (Wildman–Crippen MR) is 124 cm³/mol. The Morgan fingerprint density at radius 2 is 2.07 bits per heavy atom. The second-order valence-corrected chi connectivity index (χ2v) is 9.93. The molecule has 0 aromatic carbocycles. The third-order valence-electron chi connectivity index (χ3n) is 4.22. The monoisotopic (exact) mass is 541 g/mol. The van der Waals surface area contributed by atoms with Gasteiger partial charge in [-0.2, -0.15) is 0 Å². The van der Waals surface area contributed by atoms with Gasteiger partial charge in [0.2, 0.25) is 10.0 Å². The van der Waals surface area contributed by atoms with Gasteiger partial charge in [-0.15, -0.1) is 46.7 Å². The van der Waals surface area contributed by atoms with Crippen molar-refractivity contribution in [2.24, 2.45) is 10.1 Å². The Labute approximate surface area is 185 Å². The smallest absolute Gasteiger partial charge is 0.247 e. The van der Waals surface area contributed by atoms with Crippen molar-refractivity contribution in [3.8, 4) is 0 Å². The summed E-state index contributed by atoms with van der Waals surface area (Å²) in [7, 11) is -1.90. The highest BCUT2D eigenvalue weighted by Gasteiger charge is 2.20. The van der Waals surface area contributed by atoms with Gasteiger partial charge in [0.05, 0.1) is 11.5 Å². The van der Waals surface area contributed by atoms with E-state index < -0.39 is 10.0 Å². The number of aliphatic imine (C=N–C) groups is 1. The minimum absolute atomic E-state index is 0. The van der Waals surface area contributed by atoms with Crippen LogP contribution in [0.1, 0.15) is 17.7 Å². The van der Waals surface area contributed by atoms with E-state index in [9.17, 15) is 8.42 Å². The molecule has 11 heteroatoms. The lowest BCUT2D eigenvalue weighted by molar-refractivity contribution is 0.463. The fourth-order valence-corrected chi connectivity index (χ4v) is 5.36. The second-order valence-electron chi connectivity index (χ2n) is 6.05. The van der Waals surface area contributed by atoms with Gasteiger partial charge >= 0.3 is 0 Å². The summed E-state index contributed by atoms with van der Waals surface area (Å²) in [5.74, 6) is 0.727. The van der Waals surface area contributed by atoms with Gasteiger partial charge in [-0.1, -0.05) is 0 Å². The van der Waals surface area contributed by atoms with Crippen molar-refractivity contribution in [1.29, 1.82) is 0 Å². The van der Waals surface area contributed by atoms with Crippen molar-refractivity contribution in [1.82, 2.24) is 10.6 Å². The number of halogens is 1. The van der Waals surface area contributed by atoms with Gasteiger partial charge < -0.3 is 15.5 Å². The average Bonchev–Trinajstić information content (AvgIpc) is 3.30. The quantitative estimate of drug-likeness (QED) is 0.307. The van der Waals surface area contributed by atoms with E-state index in [0.29, 0.717) is 12.6 Å². The van der Waals surface area contributed by atoms with Crippen LogP contribution in [0, 0.1) is 0 Å². The lowest BCUT2D eigenvalue weighted by atomic mass is 10.1. The number of hydrogen-bond donors (Lipinski definition) is 3. The topological polar surface area (TPSA) is 99.8 Å². The Kier molecular flexibility index (Phi) is 8.34. The molecular weight excluding hydrogens is 517 g/mol. The Hall–Kier alpha value is -0.890. The number of guanidine groups is 1. The highest BCUT2D eigenvalue weighted by molar-refractivity contribution is 14.0. The molecule has 27 heavy (non-hydrogen) atoms. The summed E-state index contributed by atoms with van der Waals surface area (Å²) in [4.78, 5) is 7.58. The summed E-state index contributed by atoms with van der Waals surface area (Å²) in [6.45, 7) is 2.56. The van der Waals surface area contributed by atoms with E-state index in [1.54, 1.807) is 24.5 Å². The first-order valence-electron chi connectivity index (χ1n) is 8.33. The molecule has 150 valence electrons. The van der Waals surface area contributed by atoms with Crippen molar-refractivity contribution < 1.29 is 8.42 Å². The Balaban J connectivity index is 0.00000261. The first-order chi connectivity index (χ1) is 12.5. The van der Waals surface area contributed by atoms with Crippen LogP contribution in [0.3, 0.4) is 0 Å². The normalized spacial score (nSPS) is 16.1. The molecule has 0 atom stereocenters. The van der Waals surface area contributed by atoms with Crippen LogP contribution in [-0.4, -0.2) is 40.6 Å². The van der Waals surface area contributed by atoms with Gasteiger partial charge in [0, 0.05) is 31.1 Å². The molecule has 1 aliphatic rings. The zero-order valence-electron chi connectivity index (χ0n) is 14.9. The van der Waals surface area contributed by atoms with Crippen LogP contribution >= 0.6 is 46.7 Å². The summed E-state index contributed by atoms with van der Waals surface area (Å²) in [6.07, 6.45) is 2.10. The standard InChI is InChI=1S/C16H23N5O2S3.HI/c1-18-16(19-11-13-4-5-15(25-13)26(17,22)23)20-12-6-8-21(9-7-12)14-3-2-10-24-14;/h2-5,10,12H,6-9,11H2,1H3,(H2,17,22,23)(H2,18,19,20);1H. The highest BCUT2D eigenvalue weighted by atomic mass is 127. The van der Waals surface area contributed by atoms with E-state index in [1.165, 1.54) is 22.4 Å². The van der Waals surface area contributed by atoms with Crippen LogP contribution in [0.4, 0.5) is 5.00 Å². The molecule has 2 aromatic heterocycles. The molecule has 1 aliphatic heterocycles. The van der Waals surface area contributed by atoms with Crippen molar-refractivity contribution in [3.05, 3.63) is 34.5 Å². The SMILES string of the molecule is CN=C(NCc1ccc(S(N)(=O)=O)s1)NC1CCN(c2cccs2)CC1.I. The molecule has 0 radical (unpaired) electrons. The summed E-state index contributed by atoms with van der Waals surface area (Å²) in [5, 5.41) is 15.3. The third kappa shape index (κ3) is 6.31. The van der Waals surface area contributed by atoms with E-state index in [-0.39, 0.29) is 28.2 Å². The molecule has 2 aromatic rings. The van der Waals surface area contributed by atoms with E-state index in [2.05, 4.69) is 38.0 Å². The number of hydrogen-bond acceptors (Lipinski definition) is 6. The minimum atomic E-state index is -3.63. The van der Waals surface area contributed by atoms with Crippen molar-refractivity contribution in [2.45, 2.75) is 29.6 Å². The van der Waals surface area contributed by atoms with Crippen LogP contribution in [0.25, 0.3) is 0 Å². The zero-order valence-corrected chi connectivity index (χ0v) is 19.7. The Bertz CT molecular complexity index is 843. The molecule has 0 unspecified atom stereocenters. The lowest BCUT2D eigenvalue weighted by Crippen LogP contribution is -2.48. The summed E-state index contributed by atoms with van der Waals surface area (Å²) < 4.78 is 22.9. The molecule has 0 bridgehead atoms. The number of anilines is 1. The zero-order chi connectivity index (χ0) is 18.6. The Morgan fingerprint density at radius 3 is 2.63 bits per heavy atom. The maximum atomic E-state index is 11.3. The van der Waals surface area contributed by atoms with Gasteiger partial charge in [-0.3, -0.25) is 4.99 Å². The average molecular weight is 542 g/mol. The fraction of sp³-hybridized carbons (Fsp3) is 0.438. The molecular formula is C16H24IN5O2S3. The predicted octanol–water partition coefficient (Wildman–Crippen LogP) is 2.41. The largest absolute Gasteiger partial charge is 0.363 e. The molecule has 4 N–H and O–H groups in total. The molecule has 0 saturated carbocycles. The number of primary sulfonamides is 1. The summed E-state index contributed by atoms with van der Waals surface area (Å²) in [5.41, 5.74) is 0. The Morgan fingerprint density at radius 1 is 1.33 bits per heavy atom. The summed E-state index contributed by atoms with van der Waals surface area (Å²) >= 11 is 2.95. The number of thiophene rings is 2. The van der Waals surface area contributed by atoms with Crippen molar-refractivity contribution >= 4 is 67.6 Å². The van der Waals surface area contributed by atoms with E-state index in [0.717, 1.165) is 36.8 Å². The molecule has 0 amide bonds. The van der Waals surface area contributed by atoms with Crippen LogP contribution < -0.4 is 20.7 Å². The third-order valence-corrected chi connectivity index (χ3v) is 7.68. The molecule has 3 rings (SSSR count). The molecule has 7 nitrogen and oxygen atoms in total. The lowest BCUT2D eigenvalue weighted by Gasteiger charge is -2.33. The number of sulfonamides is 1. The fourth-order valence-electron chi connectivity index (χ4n) is 2.86. The van der Waals surface area contributed by atoms with E-state index >= 15 is 0 Å². The van der Waals surface area contributed by atoms with Crippen LogP contribution in [0.2, 0.25) is 0 Å². The molecule has 0 spiro atoms. The van der Waals surface area contributed by atoms with Gasteiger partial charge in [-0.25, -0.2) is 13.6 Å². The van der Waals surface area contributed by atoms with Crippen molar-refractivity contribution in [2.75, 3.05) is 25.0 Å². The first kappa shape index (κ1) is 22.4. The van der Waals surface area contributed by atoms with E-state index in [1.807, 2.05) is 0 Å². The van der Waals surface area contributed by atoms with Gasteiger partial charge in [0.1, 0.15) is 4.21 Å². The maximum absolute atomic E-state index is 11.3. The second kappa shape index (κ2) is 10.0.